The van der Waals surface area contributed by atoms with Gasteiger partial charge in [-0.1, -0.05) is 0 Å². The first kappa shape index (κ1) is 19.2. The van der Waals surface area contributed by atoms with Crippen LogP contribution in [0.25, 0.3) is 17.3 Å². The lowest BCUT2D eigenvalue weighted by atomic mass is 10.1. The zero-order valence-corrected chi connectivity index (χ0v) is 16.3. The van der Waals surface area contributed by atoms with E-state index in [1.54, 1.807) is 41.1 Å². The number of nitrogens with zero attached hydrogens (tertiary/aromatic N) is 3. The standard InChI is InChI=1S/C20H21N3O5/c1-12-8-15(23-18(22-12)6-7-21-23)14(20(24)28-5)9-13-10-16(25-2)19(27-4)17(11-13)26-3/h6-11H,1-5H3. The van der Waals surface area contributed by atoms with Crippen LogP contribution in [-0.4, -0.2) is 49.0 Å². The fraction of sp³-hybridized carbons (Fsp3) is 0.250. The number of ether oxygens (including phenoxy) is 4. The zero-order chi connectivity index (χ0) is 20.3. The van der Waals surface area contributed by atoms with Crippen molar-refractivity contribution < 1.29 is 23.7 Å². The van der Waals surface area contributed by atoms with Crippen LogP contribution in [0.5, 0.6) is 17.2 Å². The third kappa shape index (κ3) is 3.48. The molecule has 0 fully saturated rings. The van der Waals surface area contributed by atoms with Crippen molar-refractivity contribution in [1.82, 2.24) is 14.6 Å². The van der Waals surface area contributed by atoms with Crippen LogP contribution in [-0.2, 0) is 9.53 Å². The van der Waals surface area contributed by atoms with E-state index in [0.29, 0.717) is 39.7 Å². The van der Waals surface area contributed by atoms with Crippen LogP contribution in [0.3, 0.4) is 0 Å². The van der Waals surface area contributed by atoms with Gasteiger partial charge >= 0.3 is 5.97 Å². The Bertz CT molecular complexity index is 1030. The van der Waals surface area contributed by atoms with Crippen LogP contribution in [0.4, 0.5) is 0 Å². The Balaban J connectivity index is 2.24. The number of methoxy groups -OCH3 is 4. The number of benzene rings is 1. The average Bonchev–Trinajstić information content (AvgIpc) is 3.18. The molecule has 2 aromatic heterocycles. The van der Waals surface area contributed by atoms with E-state index in [1.165, 1.54) is 28.4 Å². The summed E-state index contributed by atoms with van der Waals surface area (Å²) in [5, 5.41) is 4.27. The zero-order valence-electron chi connectivity index (χ0n) is 16.3. The summed E-state index contributed by atoms with van der Waals surface area (Å²) in [6.45, 7) is 1.85. The van der Waals surface area contributed by atoms with Gasteiger partial charge in [-0.05, 0) is 36.8 Å². The van der Waals surface area contributed by atoms with Crippen LogP contribution in [0.1, 0.15) is 17.0 Å². The molecule has 0 atom stereocenters. The maximum atomic E-state index is 12.6. The number of rotatable bonds is 6. The van der Waals surface area contributed by atoms with Gasteiger partial charge in [-0.2, -0.15) is 5.10 Å². The first-order valence-electron chi connectivity index (χ1n) is 8.44. The number of aryl methyl sites for hydroxylation is 1. The molecular formula is C20H21N3O5. The molecule has 1 aromatic carbocycles. The highest BCUT2D eigenvalue weighted by molar-refractivity contribution is 6.21. The second-order valence-electron chi connectivity index (χ2n) is 5.89. The molecule has 3 aromatic rings. The number of hydrogen-bond acceptors (Lipinski definition) is 7. The molecule has 2 heterocycles. The number of carbonyl (C=O) groups is 1. The SMILES string of the molecule is COC(=O)C(=Cc1cc(OC)c(OC)c(OC)c1)c1cc(C)nc2ccnn12. The Labute approximate surface area is 162 Å². The number of aromatic nitrogens is 3. The molecule has 0 N–H and O–H groups in total. The van der Waals surface area contributed by atoms with Gasteiger partial charge in [0, 0.05) is 11.8 Å². The van der Waals surface area contributed by atoms with Gasteiger partial charge < -0.3 is 18.9 Å². The van der Waals surface area contributed by atoms with E-state index in [4.69, 9.17) is 18.9 Å². The van der Waals surface area contributed by atoms with Gasteiger partial charge in [0.05, 0.1) is 45.9 Å². The number of esters is 1. The third-order valence-electron chi connectivity index (χ3n) is 4.17. The predicted octanol–water partition coefficient (Wildman–Crippen LogP) is 2.78. The summed E-state index contributed by atoms with van der Waals surface area (Å²) in [5.41, 5.74) is 2.94. The second kappa shape index (κ2) is 7.99. The molecule has 0 spiro atoms. The van der Waals surface area contributed by atoms with Gasteiger partial charge in [0.25, 0.3) is 0 Å². The van der Waals surface area contributed by atoms with Crippen LogP contribution < -0.4 is 14.2 Å². The molecule has 0 unspecified atom stereocenters. The van der Waals surface area contributed by atoms with Gasteiger partial charge in [0.15, 0.2) is 17.1 Å². The fourth-order valence-electron chi connectivity index (χ4n) is 2.93. The lowest BCUT2D eigenvalue weighted by Crippen LogP contribution is -2.10. The Morgan fingerprint density at radius 1 is 1.04 bits per heavy atom. The van der Waals surface area contributed by atoms with E-state index in [1.807, 2.05) is 6.92 Å². The van der Waals surface area contributed by atoms with Gasteiger partial charge in [-0.15, -0.1) is 0 Å². The minimum atomic E-state index is -0.504. The normalized spacial score (nSPS) is 11.4. The molecule has 0 aliphatic heterocycles. The van der Waals surface area contributed by atoms with Gasteiger partial charge in [0.2, 0.25) is 5.75 Å². The van der Waals surface area contributed by atoms with E-state index in [0.717, 1.165) is 5.69 Å². The predicted molar refractivity (Wildman–Crippen MR) is 104 cm³/mol. The largest absolute Gasteiger partial charge is 0.493 e. The van der Waals surface area contributed by atoms with Crippen LogP contribution >= 0.6 is 0 Å². The molecule has 0 saturated carbocycles. The molecule has 0 radical (unpaired) electrons. The second-order valence-corrected chi connectivity index (χ2v) is 5.89. The Hall–Kier alpha value is -3.55. The molecule has 146 valence electrons. The van der Waals surface area contributed by atoms with Crippen LogP contribution in [0, 0.1) is 6.92 Å². The summed E-state index contributed by atoms with van der Waals surface area (Å²) >= 11 is 0. The quantitative estimate of drug-likeness (QED) is 0.478. The average molecular weight is 383 g/mol. The molecule has 8 nitrogen and oxygen atoms in total. The maximum Gasteiger partial charge on any atom is 0.340 e. The Kier molecular flexibility index (Phi) is 5.49. The number of carbonyl (C=O) groups excluding carboxylic acids is 1. The third-order valence-corrected chi connectivity index (χ3v) is 4.17. The molecule has 0 bridgehead atoms. The monoisotopic (exact) mass is 383 g/mol. The summed E-state index contributed by atoms with van der Waals surface area (Å²) in [6, 6.07) is 7.04. The van der Waals surface area contributed by atoms with Gasteiger partial charge in [-0.25, -0.2) is 14.3 Å². The lowest BCUT2D eigenvalue weighted by molar-refractivity contribution is -0.133. The number of hydrogen-bond donors (Lipinski definition) is 0. The Morgan fingerprint density at radius 3 is 2.29 bits per heavy atom. The molecule has 28 heavy (non-hydrogen) atoms. The molecule has 0 amide bonds. The van der Waals surface area contributed by atoms with Crippen molar-refractivity contribution in [2.24, 2.45) is 0 Å². The van der Waals surface area contributed by atoms with E-state index >= 15 is 0 Å². The highest BCUT2D eigenvalue weighted by Gasteiger charge is 2.19. The highest BCUT2D eigenvalue weighted by Crippen LogP contribution is 2.39. The smallest absolute Gasteiger partial charge is 0.340 e. The van der Waals surface area contributed by atoms with Crippen molar-refractivity contribution in [3.8, 4) is 17.2 Å². The van der Waals surface area contributed by atoms with E-state index in [-0.39, 0.29) is 0 Å². The molecule has 3 rings (SSSR count). The first-order chi connectivity index (χ1) is 13.5. The minimum absolute atomic E-state index is 0.316. The van der Waals surface area contributed by atoms with E-state index in [9.17, 15) is 4.79 Å². The Morgan fingerprint density at radius 2 is 1.71 bits per heavy atom. The van der Waals surface area contributed by atoms with Gasteiger partial charge in [-0.3, -0.25) is 0 Å². The summed E-state index contributed by atoms with van der Waals surface area (Å²) in [4.78, 5) is 17.0. The summed E-state index contributed by atoms with van der Waals surface area (Å²) < 4.78 is 22.7. The molecule has 0 aliphatic rings. The van der Waals surface area contributed by atoms with Crippen molar-refractivity contribution in [1.29, 1.82) is 0 Å². The minimum Gasteiger partial charge on any atom is -0.493 e. The van der Waals surface area contributed by atoms with Crippen molar-refractivity contribution in [2.45, 2.75) is 6.92 Å². The molecule has 0 saturated heterocycles. The lowest BCUT2D eigenvalue weighted by Gasteiger charge is -2.14. The topological polar surface area (TPSA) is 84.2 Å². The van der Waals surface area contributed by atoms with Crippen molar-refractivity contribution in [2.75, 3.05) is 28.4 Å². The summed E-state index contributed by atoms with van der Waals surface area (Å²) in [6.07, 6.45) is 3.31. The summed E-state index contributed by atoms with van der Waals surface area (Å²) in [5.74, 6) is 0.923. The molecular weight excluding hydrogens is 362 g/mol. The van der Waals surface area contributed by atoms with E-state index in [2.05, 4.69) is 10.1 Å². The van der Waals surface area contributed by atoms with Crippen molar-refractivity contribution in [3.63, 3.8) is 0 Å². The number of fused-ring (bicyclic) bond motifs is 1. The van der Waals surface area contributed by atoms with Crippen molar-refractivity contribution >= 4 is 23.3 Å². The molecule has 8 heteroatoms. The van der Waals surface area contributed by atoms with Crippen LogP contribution in [0.2, 0.25) is 0 Å². The molecule has 0 aliphatic carbocycles. The van der Waals surface area contributed by atoms with E-state index < -0.39 is 5.97 Å². The summed E-state index contributed by atoms with van der Waals surface area (Å²) in [7, 11) is 5.93. The van der Waals surface area contributed by atoms with Crippen molar-refractivity contribution in [3.05, 3.63) is 47.4 Å². The highest BCUT2D eigenvalue weighted by atomic mass is 16.5. The first-order valence-corrected chi connectivity index (χ1v) is 8.44. The van der Waals surface area contributed by atoms with Gasteiger partial charge in [0.1, 0.15) is 0 Å². The maximum absolute atomic E-state index is 12.6. The fourth-order valence-corrected chi connectivity index (χ4v) is 2.93. The van der Waals surface area contributed by atoms with Crippen LogP contribution in [0.15, 0.2) is 30.5 Å².